The van der Waals surface area contributed by atoms with Crippen LogP contribution in [0.25, 0.3) is 0 Å². The minimum Gasteiger partial charge on any atom is -0.495 e. The van der Waals surface area contributed by atoms with Crippen LogP contribution in [-0.2, 0) is 24.7 Å². The number of sulfone groups is 1. The highest BCUT2D eigenvalue weighted by molar-refractivity contribution is 7.91. The monoisotopic (exact) mass is 363 g/mol. The quantitative estimate of drug-likeness (QED) is 0.801. The Morgan fingerprint density at radius 1 is 1.30 bits per heavy atom. The molecular weight excluding hydrogens is 346 g/mol. The number of nitrogens with zero attached hydrogens (tertiary/aromatic N) is 1. The highest BCUT2D eigenvalue weighted by atomic mass is 32.2. The molecule has 0 aromatic heterocycles. The predicted octanol–water partition coefficient (Wildman–Crippen LogP) is 0.336. The second-order valence-corrected chi connectivity index (χ2v) is 9.07. The van der Waals surface area contributed by atoms with Crippen molar-refractivity contribution in [1.82, 2.24) is 4.31 Å². The lowest BCUT2D eigenvalue weighted by Gasteiger charge is -2.22. The second kappa shape index (κ2) is 6.10. The minimum absolute atomic E-state index is 0.0339. The Bertz CT molecular complexity index is 830. The number of carbonyl (C=O) groups is 1. The molecule has 0 aliphatic carbocycles. The SMILES string of the molecule is COc1ccc(S(C)(=O)=O)cc1S(=O)(=O)N1CCCC1C(=O)O. The molecule has 10 heteroatoms. The molecule has 2 rings (SSSR count). The molecule has 1 aromatic rings. The van der Waals surface area contributed by atoms with E-state index in [9.17, 15) is 26.7 Å². The van der Waals surface area contributed by atoms with Gasteiger partial charge in [-0.15, -0.1) is 0 Å². The van der Waals surface area contributed by atoms with Gasteiger partial charge >= 0.3 is 5.97 Å². The number of hydrogen-bond donors (Lipinski definition) is 1. The number of sulfonamides is 1. The summed E-state index contributed by atoms with van der Waals surface area (Å²) in [6.45, 7) is 0.0611. The molecule has 128 valence electrons. The lowest BCUT2D eigenvalue weighted by Crippen LogP contribution is -2.40. The largest absolute Gasteiger partial charge is 0.495 e. The van der Waals surface area contributed by atoms with Crippen LogP contribution in [0.2, 0.25) is 0 Å². The number of hydrogen-bond acceptors (Lipinski definition) is 6. The van der Waals surface area contributed by atoms with E-state index in [0.717, 1.165) is 16.6 Å². The molecular formula is C13H17NO7S2. The van der Waals surface area contributed by atoms with Crippen molar-refractivity contribution in [2.24, 2.45) is 0 Å². The van der Waals surface area contributed by atoms with Gasteiger partial charge in [-0.2, -0.15) is 4.31 Å². The lowest BCUT2D eigenvalue weighted by atomic mass is 10.2. The van der Waals surface area contributed by atoms with Crippen LogP contribution in [-0.4, -0.2) is 58.2 Å². The van der Waals surface area contributed by atoms with Crippen molar-refractivity contribution in [3.8, 4) is 5.75 Å². The molecule has 1 saturated heterocycles. The summed E-state index contributed by atoms with van der Waals surface area (Å²) in [6.07, 6.45) is 1.59. The normalized spacial score (nSPS) is 19.7. The zero-order chi connectivity index (χ0) is 17.4. The average Bonchev–Trinajstić information content (AvgIpc) is 2.96. The van der Waals surface area contributed by atoms with Gasteiger partial charge in [0.1, 0.15) is 16.7 Å². The first kappa shape index (κ1) is 17.7. The number of methoxy groups -OCH3 is 1. The predicted molar refractivity (Wildman–Crippen MR) is 80.7 cm³/mol. The van der Waals surface area contributed by atoms with E-state index in [1.807, 2.05) is 0 Å². The van der Waals surface area contributed by atoms with Crippen molar-refractivity contribution < 1.29 is 31.5 Å². The topological polar surface area (TPSA) is 118 Å². The van der Waals surface area contributed by atoms with Gasteiger partial charge in [0.2, 0.25) is 10.0 Å². The van der Waals surface area contributed by atoms with Gasteiger partial charge in [0.25, 0.3) is 0 Å². The maximum absolute atomic E-state index is 12.8. The Balaban J connectivity index is 2.61. The number of carboxylic acids is 1. The van der Waals surface area contributed by atoms with Gasteiger partial charge in [0, 0.05) is 12.8 Å². The van der Waals surface area contributed by atoms with Gasteiger partial charge in [0.15, 0.2) is 9.84 Å². The lowest BCUT2D eigenvalue weighted by molar-refractivity contribution is -0.140. The van der Waals surface area contributed by atoms with E-state index in [0.29, 0.717) is 6.42 Å². The number of carboxylic acid groups (broad SMARTS) is 1. The summed E-state index contributed by atoms with van der Waals surface area (Å²) in [5, 5.41) is 9.17. The zero-order valence-electron chi connectivity index (χ0n) is 12.6. The Morgan fingerprint density at radius 2 is 1.96 bits per heavy atom. The van der Waals surface area contributed by atoms with Crippen LogP contribution in [0, 0.1) is 0 Å². The maximum atomic E-state index is 12.8. The summed E-state index contributed by atoms with van der Waals surface area (Å²) in [5.41, 5.74) is 0. The molecule has 0 bridgehead atoms. The van der Waals surface area contributed by atoms with E-state index in [4.69, 9.17) is 4.74 Å². The standard InChI is InChI=1S/C13H17NO7S2/c1-21-11-6-5-9(22(2,17)18)8-12(11)23(19,20)14-7-3-4-10(14)13(15)16/h5-6,8,10H,3-4,7H2,1-2H3,(H,15,16). The molecule has 0 spiro atoms. The third-order valence-electron chi connectivity index (χ3n) is 3.64. The summed E-state index contributed by atoms with van der Waals surface area (Å²) < 4.78 is 54.8. The van der Waals surface area contributed by atoms with Crippen molar-refractivity contribution in [1.29, 1.82) is 0 Å². The molecule has 1 aliphatic rings. The van der Waals surface area contributed by atoms with E-state index in [1.54, 1.807) is 0 Å². The summed E-state index contributed by atoms with van der Waals surface area (Å²) >= 11 is 0. The molecule has 1 aromatic carbocycles. The van der Waals surface area contributed by atoms with Gasteiger partial charge in [-0.25, -0.2) is 16.8 Å². The van der Waals surface area contributed by atoms with E-state index in [-0.39, 0.29) is 28.5 Å². The smallest absolute Gasteiger partial charge is 0.322 e. The molecule has 0 amide bonds. The van der Waals surface area contributed by atoms with Crippen molar-refractivity contribution in [2.75, 3.05) is 19.9 Å². The van der Waals surface area contributed by atoms with Crippen LogP contribution >= 0.6 is 0 Å². The van der Waals surface area contributed by atoms with Gasteiger partial charge in [-0.3, -0.25) is 4.79 Å². The Hall–Kier alpha value is -1.65. The Labute approximate surface area is 134 Å². The highest BCUT2D eigenvalue weighted by Gasteiger charge is 2.41. The minimum atomic E-state index is -4.20. The van der Waals surface area contributed by atoms with Crippen molar-refractivity contribution in [3.05, 3.63) is 18.2 Å². The van der Waals surface area contributed by atoms with Crippen LogP contribution in [0.1, 0.15) is 12.8 Å². The Kier molecular flexibility index (Phi) is 4.69. The fraction of sp³-hybridized carbons (Fsp3) is 0.462. The molecule has 8 nitrogen and oxygen atoms in total. The molecule has 1 atom stereocenters. The van der Waals surface area contributed by atoms with Crippen LogP contribution in [0.5, 0.6) is 5.75 Å². The van der Waals surface area contributed by atoms with Gasteiger partial charge in [0.05, 0.1) is 12.0 Å². The van der Waals surface area contributed by atoms with Gasteiger partial charge in [-0.05, 0) is 31.0 Å². The molecule has 0 saturated carbocycles. The first-order valence-electron chi connectivity index (χ1n) is 6.72. The molecule has 1 fully saturated rings. The summed E-state index contributed by atoms with van der Waals surface area (Å²) in [6, 6.07) is 2.33. The van der Waals surface area contributed by atoms with Crippen molar-refractivity contribution in [3.63, 3.8) is 0 Å². The summed E-state index contributed by atoms with van der Waals surface area (Å²) in [5.74, 6) is -1.27. The van der Waals surface area contributed by atoms with E-state index < -0.39 is 31.9 Å². The molecule has 1 unspecified atom stereocenters. The van der Waals surface area contributed by atoms with E-state index in [1.165, 1.54) is 19.2 Å². The summed E-state index contributed by atoms with van der Waals surface area (Å²) in [7, 11) is -6.56. The highest BCUT2D eigenvalue weighted by Crippen LogP contribution is 2.33. The molecule has 1 aliphatic heterocycles. The van der Waals surface area contributed by atoms with E-state index >= 15 is 0 Å². The van der Waals surface area contributed by atoms with Crippen molar-refractivity contribution >= 4 is 25.8 Å². The van der Waals surface area contributed by atoms with Crippen LogP contribution < -0.4 is 4.74 Å². The fourth-order valence-corrected chi connectivity index (χ4v) is 5.05. The zero-order valence-corrected chi connectivity index (χ0v) is 14.2. The molecule has 23 heavy (non-hydrogen) atoms. The number of ether oxygens (including phenoxy) is 1. The van der Waals surface area contributed by atoms with Gasteiger partial charge in [-0.1, -0.05) is 0 Å². The molecule has 1 N–H and O–H groups in total. The van der Waals surface area contributed by atoms with Crippen LogP contribution in [0.3, 0.4) is 0 Å². The average molecular weight is 363 g/mol. The van der Waals surface area contributed by atoms with Crippen LogP contribution in [0.15, 0.2) is 28.0 Å². The van der Waals surface area contributed by atoms with E-state index in [2.05, 4.69) is 0 Å². The molecule has 0 radical (unpaired) electrons. The first-order chi connectivity index (χ1) is 10.6. The third-order valence-corrected chi connectivity index (χ3v) is 6.68. The van der Waals surface area contributed by atoms with Crippen LogP contribution in [0.4, 0.5) is 0 Å². The first-order valence-corrected chi connectivity index (χ1v) is 10.0. The number of benzene rings is 1. The molecule has 1 heterocycles. The fourth-order valence-electron chi connectivity index (χ4n) is 2.49. The Morgan fingerprint density at radius 3 is 2.48 bits per heavy atom. The number of rotatable bonds is 5. The van der Waals surface area contributed by atoms with Crippen molar-refractivity contribution in [2.45, 2.75) is 28.7 Å². The third kappa shape index (κ3) is 3.33. The number of aliphatic carboxylic acids is 1. The van der Waals surface area contributed by atoms with Gasteiger partial charge < -0.3 is 9.84 Å². The second-order valence-electron chi connectivity index (χ2n) is 5.20. The summed E-state index contributed by atoms with van der Waals surface area (Å²) in [4.78, 5) is 10.7. The maximum Gasteiger partial charge on any atom is 0.322 e.